The van der Waals surface area contributed by atoms with Gasteiger partial charge in [-0.25, -0.2) is 4.79 Å². The van der Waals surface area contributed by atoms with E-state index >= 15 is 0 Å². The maximum Gasteiger partial charge on any atom is 0.410 e. The standard InChI is InChI=1S/C27H42N4O4/c1-34-26(32)22-30-17-15-29(16-18-30)20-25-21-31(27(33)35-25)12-6-5-7-23-10-13-28(14-11-23)19-24-8-3-2-4-9-24/h2-4,8-9,23,25H,5-7,10-22H2,1H3. The zero-order valence-electron chi connectivity index (χ0n) is 21.3. The fourth-order valence-electron chi connectivity index (χ4n) is 5.53. The summed E-state index contributed by atoms with van der Waals surface area (Å²) in [7, 11) is 1.43. The lowest BCUT2D eigenvalue weighted by atomic mass is 9.91. The minimum atomic E-state index is -0.188. The third kappa shape index (κ3) is 8.19. The predicted molar refractivity (Wildman–Crippen MR) is 135 cm³/mol. The molecule has 0 radical (unpaired) electrons. The van der Waals surface area contributed by atoms with Gasteiger partial charge in [0.15, 0.2) is 0 Å². The number of nitrogens with zero attached hydrogens (tertiary/aromatic N) is 4. The van der Waals surface area contributed by atoms with Crippen molar-refractivity contribution in [1.29, 1.82) is 0 Å². The van der Waals surface area contributed by atoms with Gasteiger partial charge in [0.05, 0.1) is 20.2 Å². The number of piperazine rings is 1. The van der Waals surface area contributed by atoms with Crippen molar-refractivity contribution in [2.75, 3.05) is 72.6 Å². The first-order valence-corrected chi connectivity index (χ1v) is 13.3. The van der Waals surface area contributed by atoms with Crippen LogP contribution in [0.25, 0.3) is 0 Å². The number of piperidine rings is 1. The molecule has 0 aliphatic carbocycles. The van der Waals surface area contributed by atoms with Gasteiger partial charge in [-0.15, -0.1) is 0 Å². The summed E-state index contributed by atoms with van der Waals surface area (Å²) in [5.41, 5.74) is 1.41. The van der Waals surface area contributed by atoms with E-state index in [4.69, 9.17) is 9.47 Å². The topological polar surface area (TPSA) is 65.6 Å². The van der Waals surface area contributed by atoms with E-state index in [1.54, 1.807) is 0 Å². The van der Waals surface area contributed by atoms with Crippen molar-refractivity contribution >= 4 is 12.1 Å². The van der Waals surface area contributed by atoms with E-state index in [1.165, 1.54) is 51.4 Å². The Morgan fingerprint density at radius 2 is 1.69 bits per heavy atom. The summed E-state index contributed by atoms with van der Waals surface area (Å²) in [5, 5.41) is 0. The largest absolute Gasteiger partial charge is 0.468 e. The Hall–Kier alpha value is -2.16. The molecule has 3 heterocycles. The number of carbonyl (C=O) groups excluding carboxylic acids is 2. The zero-order valence-corrected chi connectivity index (χ0v) is 21.3. The highest BCUT2D eigenvalue weighted by Gasteiger charge is 2.33. The molecule has 1 amide bonds. The number of amides is 1. The molecule has 194 valence electrons. The van der Waals surface area contributed by atoms with Crippen molar-refractivity contribution < 1.29 is 19.1 Å². The molecular formula is C27H42N4O4. The van der Waals surface area contributed by atoms with Crippen LogP contribution in [0, 0.1) is 5.92 Å². The number of methoxy groups -OCH3 is 1. The number of hydrogen-bond donors (Lipinski definition) is 0. The molecule has 3 aliphatic rings. The second-order valence-corrected chi connectivity index (χ2v) is 10.3. The molecule has 0 bridgehead atoms. The fraction of sp³-hybridized carbons (Fsp3) is 0.704. The van der Waals surface area contributed by atoms with Gasteiger partial charge in [-0.2, -0.15) is 0 Å². The predicted octanol–water partition coefficient (Wildman–Crippen LogP) is 2.68. The number of carbonyl (C=O) groups is 2. The van der Waals surface area contributed by atoms with Crippen LogP contribution in [-0.4, -0.2) is 110 Å². The van der Waals surface area contributed by atoms with E-state index in [9.17, 15) is 9.59 Å². The summed E-state index contributed by atoms with van der Waals surface area (Å²) in [6.45, 7) is 9.51. The lowest BCUT2D eigenvalue weighted by molar-refractivity contribution is -0.142. The molecule has 0 saturated carbocycles. The summed E-state index contributed by atoms with van der Waals surface area (Å²) >= 11 is 0. The normalized spacial score (nSPS) is 22.9. The summed E-state index contributed by atoms with van der Waals surface area (Å²) < 4.78 is 10.4. The van der Waals surface area contributed by atoms with E-state index < -0.39 is 0 Å². The van der Waals surface area contributed by atoms with Crippen LogP contribution in [-0.2, 0) is 20.8 Å². The molecule has 3 aliphatic heterocycles. The molecule has 35 heavy (non-hydrogen) atoms. The Morgan fingerprint density at radius 1 is 0.971 bits per heavy atom. The van der Waals surface area contributed by atoms with Crippen LogP contribution in [0.15, 0.2) is 30.3 Å². The number of rotatable bonds is 11. The van der Waals surface area contributed by atoms with Crippen molar-refractivity contribution in [2.45, 2.75) is 44.8 Å². The molecule has 3 saturated heterocycles. The third-order valence-corrected chi connectivity index (χ3v) is 7.70. The molecule has 8 nitrogen and oxygen atoms in total. The van der Waals surface area contributed by atoms with E-state index in [1.807, 2.05) is 4.90 Å². The Balaban J connectivity index is 1.06. The lowest BCUT2D eigenvalue weighted by Crippen LogP contribution is -2.50. The van der Waals surface area contributed by atoms with Crippen molar-refractivity contribution in [3.8, 4) is 0 Å². The van der Waals surface area contributed by atoms with Crippen LogP contribution >= 0.6 is 0 Å². The quantitative estimate of drug-likeness (QED) is 0.352. The summed E-state index contributed by atoms with van der Waals surface area (Å²) in [4.78, 5) is 32.7. The number of benzene rings is 1. The lowest BCUT2D eigenvalue weighted by Gasteiger charge is -2.34. The van der Waals surface area contributed by atoms with E-state index in [-0.39, 0.29) is 18.2 Å². The first-order valence-electron chi connectivity index (χ1n) is 13.3. The molecule has 0 aromatic heterocycles. The van der Waals surface area contributed by atoms with Gasteiger partial charge in [0.2, 0.25) is 0 Å². The van der Waals surface area contributed by atoms with Gasteiger partial charge < -0.3 is 14.4 Å². The number of likely N-dealkylation sites (tertiary alicyclic amines) is 1. The minimum absolute atomic E-state index is 0.0522. The second kappa shape index (κ2) is 13.2. The van der Waals surface area contributed by atoms with Gasteiger partial charge in [0.1, 0.15) is 6.10 Å². The Bertz CT molecular complexity index is 792. The van der Waals surface area contributed by atoms with Crippen molar-refractivity contribution in [1.82, 2.24) is 19.6 Å². The average molecular weight is 487 g/mol. The Labute approximate surface area is 210 Å². The van der Waals surface area contributed by atoms with Crippen LogP contribution in [0.1, 0.15) is 37.7 Å². The maximum absolute atomic E-state index is 12.3. The molecule has 1 atom stereocenters. The minimum Gasteiger partial charge on any atom is -0.468 e. The highest BCUT2D eigenvalue weighted by molar-refractivity contribution is 5.71. The first-order chi connectivity index (χ1) is 17.1. The van der Waals surface area contributed by atoms with E-state index in [2.05, 4.69) is 45.0 Å². The van der Waals surface area contributed by atoms with Crippen molar-refractivity contribution in [2.24, 2.45) is 5.92 Å². The Morgan fingerprint density at radius 3 is 2.40 bits per heavy atom. The van der Waals surface area contributed by atoms with Gasteiger partial charge in [-0.1, -0.05) is 43.2 Å². The van der Waals surface area contributed by atoms with Gasteiger partial charge in [-0.05, 0) is 43.8 Å². The summed E-state index contributed by atoms with van der Waals surface area (Å²) in [5.74, 6) is 0.630. The molecule has 1 unspecified atom stereocenters. The maximum atomic E-state index is 12.3. The van der Waals surface area contributed by atoms with Gasteiger partial charge in [0, 0.05) is 45.8 Å². The molecule has 8 heteroatoms. The van der Waals surface area contributed by atoms with Gasteiger partial charge >= 0.3 is 12.1 Å². The van der Waals surface area contributed by atoms with Crippen LogP contribution in [0.4, 0.5) is 4.79 Å². The molecule has 1 aromatic carbocycles. The monoisotopic (exact) mass is 486 g/mol. The molecule has 0 N–H and O–H groups in total. The van der Waals surface area contributed by atoms with Gasteiger partial charge in [-0.3, -0.25) is 19.5 Å². The number of ether oxygens (including phenoxy) is 2. The Kier molecular flexibility index (Phi) is 9.80. The fourth-order valence-corrected chi connectivity index (χ4v) is 5.53. The smallest absolute Gasteiger partial charge is 0.410 e. The second-order valence-electron chi connectivity index (χ2n) is 10.3. The number of hydrogen-bond acceptors (Lipinski definition) is 7. The molecule has 0 spiro atoms. The molecule has 4 rings (SSSR count). The highest BCUT2D eigenvalue weighted by atomic mass is 16.6. The molecule has 1 aromatic rings. The number of unbranched alkanes of at least 4 members (excludes halogenated alkanes) is 1. The van der Waals surface area contributed by atoms with Gasteiger partial charge in [0.25, 0.3) is 0 Å². The van der Waals surface area contributed by atoms with Crippen molar-refractivity contribution in [3.63, 3.8) is 0 Å². The summed E-state index contributed by atoms with van der Waals surface area (Å²) in [6.07, 6.45) is 5.86. The number of esters is 1. The van der Waals surface area contributed by atoms with Crippen molar-refractivity contribution in [3.05, 3.63) is 35.9 Å². The third-order valence-electron chi connectivity index (χ3n) is 7.70. The van der Waals surface area contributed by atoms with Crippen LogP contribution in [0.2, 0.25) is 0 Å². The van der Waals surface area contributed by atoms with E-state index in [0.717, 1.165) is 58.2 Å². The highest BCUT2D eigenvalue weighted by Crippen LogP contribution is 2.24. The van der Waals surface area contributed by atoms with Crippen LogP contribution < -0.4 is 0 Å². The van der Waals surface area contributed by atoms with Crippen LogP contribution in [0.5, 0.6) is 0 Å². The molecule has 3 fully saturated rings. The summed E-state index contributed by atoms with van der Waals surface area (Å²) in [6, 6.07) is 10.8. The zero-order chi connectivity index (χ0) is 24.5. The average Bonchev–Trinajstić information content (AvgIpc) is 3.23. The first kappa shape index (κ1) is 25.9. The molecular weight excluding hydrogens is 444 g/mol. The van der Waals surface area contributed by atoms with E-state index in [0.29, 0.717) is 13.1 Å². The van der Waals surface area contributed by atoms with Crippen LogP contribution in [0.3, 0.4) is 0 Å². The number of cyclic esters (lactones) is 1. The SMILES string of the molecule is COC(=O)CN1CCN(CC2CN(CCCCC3CCN(Cc4ccccc4)CC3)C(=O)O2)CC1.